The minimum atomic E-state index is 0.596. The molecule has 194 valence electrons. The largest absolute Gasteiger partial charge is 0.454 e. The maximum Gasteiger partial charge on any atom is 0.216 e. The molecule has 0 aliphatic heterocycles. The monoisotopic (exact) mass is 527 g/mol. The van der Waals surface area contributed by atoms with Crippen molar-refractivity contribution in [2.45, 2.75) is 6.92 Å². The van der Waals surface area contributed by atoms with Gasteiger partial charge in [0.15, 0.2) is 6.20 Å². The number of nitrogens with zero attached hydrogens (tertiary/aromatic N) is 2. The highest BCUT2D eigenvalue weighted by atomic mass is 16.3. The summed E-state index contributed by atoms with van der Waals surface area (Å²) in [6, 6.07) is 44.1. The van der Waals surface area contributed by atoms with Crippen molar-refractivity contribution < 1.29 is 8.98 Å². The molecule has 0 spiro atoms. The molecule has 7 rings (SSSR count). The number of fused-ring (bicyclic) bond motifs is 3. The smallest absolute Gasteiger partial charge is 0.216 e. The third kappa shape index (κ3) is 4.18. The third-order valence-corrected chi connectivity index (χ3v) is 7.93. The second-order valence-corrected chi connectivity index (χ2v) is 10.4. The molecule has 0 aliphatic rings. The van der Waals surface area contributed by atoms with Crippen LogP contribution >= 0.6 is 0 Å². The average molecular weight is 528 g/mol. The molecule has 2 aromatic heterocycles. The summed E-state index contributed by atoms with van der Waals surface area (Å²) in [6.45, 7) is 2.13. The molecule has 7 aromatic rings. The number of pyridine rings is 1. The van der Waals surface area contributed by atoms with Gasteiger partial charge >= 0.3 is 0 Å². The standard InChI is InChI=1S/C38H27N2O/c1-25-13-19-32-33-20-18-31(24-39)36(29-16-14-28(15-17-29)26-9-5-3-6-10-26)38(33)41-37(32)35(25)34-23-30(21-22-40(34)2)27-11-7-4-8-12-27/h3-23H,1-2H3/q+1. The zero-order valence-electron chi connectivity index (χ0n) is 22.9. The number of aromatic nitrogens is 1. The quantitative estimate of drug-likeness (QED) is 0.214. The first-order chi connectivity index (χ1) is 20.1. The number of rotatable bonds is 4. The summed E-state index contributed by atoms with van der Waals surface area (Å²) in [5.74, 6) is 0. The zero-order chi connectivity index (χ0) is 27.9. The number of aryl methyl sites for hydroxylation is 2. The van der Waals surface area contributed by atoms with E-state index < -0.39 is 0 Å². The topological polar surface area (TPSA) is 40.8 Å². The molecule has 0 fully saturated rings. The summed E-state index contributed by atoms with van der Waals surface area (Å²) < 4.78 is 8.94. The number of hydrogen-bond donors (Lipinski definition) is 0. The van der Waals surface area contributed by atoms with E-state index in [2.05, 4.69) is 116 Å². The number of nitriles is 1. The Morgan fingerprint density at radius 1 is 0.585 bits per heavy atom. The second-order valence-electron chi connectivity index (χ2n) is 10.4. The Labute approximate surface area is 239 Å². The van der Waals surface area contributed by atoms with Gasteiger partial charge in [0.1, 0.15) is 18.2 Å². The molecule has 3 nitrogen and oxygen atoms in total. The van der Waals surface area contributed by atoms with Crippen LogP contribution in [0.25, 0.3) is 66.6 Å². The van der Waals surface area contributed by atoms with Crippen LogP contribution < -0.4 is 4.57 Å². The highest BCUT2D eigenvalue weighted by Gasteiger charge is 2.23. The Balaban J connectivity index is 1.45. The van der Waals surface area contributed by atoms with Crippen molar-refractivity contribution >= 4 is 21.9 Å². The van der Waals surface area contributed by atoms with Crippen molar-refractivity contribution in [1.82, 2.24) is 0 Å². The van der Waals surface area contributed by atoms with Crippen LogP contribution in [0.2, 0.25) is 0 Å². The molecular formula is C38H27N2O+. The molecular weight excluding hydrogens is 500 g/mol. The first kappa shape index (κ1) is 24.6. The molecule has 5 aromatic carbocycles. The summed E-state index contributed by atoms with van der Waals surface area (Å²) in [4.78, 5) is 0. The van der Waals surface area contributed by atoms with E-state index in [0.29, 0.717) is 5.56 Å². The van der Waals surface area contributed by atoms with E-state index in [1.54, 1.807) is 0 Å². The normalized spacial score (nSPS) is 11.1. The van der Waals surface area contributed by atoms with Crippen LogP contribution in [-0.4, -0.2) is 0 Å². The lowest BCUT2D eigenvalue weighted by molar-refractivity contribution is -0.660. The lowest BCUT2D eigenvalue weighted by Crippen LogP contribution is -2.30. The summed E-state index contributed by atoms with van der Waals surface area (Å²) in [5, 5.41) is 12.1. The van der Waals surface area contributed by atoms with E-state index >= 15 is 0 Å². The highest BCUT2D eigenvalue weighted by molar-refractivity contribution is 6.14. The molecule has 41 heavy (non-hydrogen) atoms. The Bertz CT molecular complexity index is 2100. The van der Waals surface area contributed by atoms with Gasteiger partial charge in [-0.3, -0.25) is 0 Å². The van der Waals surface area contributed by atoms with Crippen molar-refractivity contribution in [3.8, 4) is 50.7 Å². The molecule has 0 radical (unpaired) electrons. The third-order valence-electron chi connectivity index (χ3n) is 7.93. The predicted molar refractivity (Wildman–Crippen MR) is 166 cm³/mol. The fraction of sp³-hybridized carbons (Fsp3) is 0.0526. The van der Waals surface area contributed by atoms with Crippen LogP contribution in [-0.2, 0) is 7.05 Å². The molecule has 0 saturated heterocycles. The second kappa shape index (κ2) is 9.93. The fourth-order valence-electron chi connectivity index (χ4n) is 5.79. The van der Waals surface area contributed by atoms with Crippen LogP contribution in [0.1, 0.15) is 11.1 Å². The molecule has 3 heteroatoms. The molecule has 0 aliphatic carbocycles. The molecule has 0 atom stereocenters. The molecule has 0 amide bonds. The van der Waals surface area contributed by atoms with E-state index in [9.17, 15) is 5.26 Å². The van der Waals surface area contributed by atoms with Crippen LogP contribution in [0.15, 0.2) is 132 Å². The summed E-state index contributed by atoms with van der Waals surface area (Å²) in [6.07, 6.45) is 2.10. The van der Waals surface area contributed by atoms with Crippen LogP contribution in [0.4, 0.5) is 0 Å². The number of furan rings is 1. The number of benzene rings is 5. The zero-order valence-corrected chi connectivity index (χ0v) is 22.9. The van der Waals surface area contributed by atoms with Gasteiger partial charge < -0.3 is 4.42 Å². The highest BCUT2D eigenvalue weighted by Crippen LogP contribution is 2.42. The van der Waals surface area contributed by atoms with E-state index in [-0.39, 0.29) is 0 Å². The van der Waals surface area contributed by atoms with Gasteiger partial charge in [-0.15, -0.1) is 0 Å². The number of hydrogen-bond acceptors (Lipinski definition) is 2. The van der Waals surface area contributed by atoms with Gasteiger partial charge in [-0.25, -0.2) is 4.57 Å². The van der Waals surface area contributed by atoms with Crippen molar-refractivity contribution in [3.05, 3.63) is 139 Å². The Hall–Kier alpha value is -5.46. The van der Waals surface area contributed by atoms with Gasteiger partial charge in [0.25, 0.3) is 0 Å². The van der Waals surface area contributed by atoms with Gasteiger partial charge in [-0.05, 0) is 52.4 Å². The van der Waals surface area contributed by atoms with E-state index in [0.717, 1.165) is 66.6 Å². The first-order valence-electron chi connectivity index (χ1n) is 13.7. The Kier molecular flexibility index (Phi) is 5.95. The maximum atomic E-state index is 10.1. The van der Waals surface area contributed by atoms with Crippen molar-refractivity contribution in [2.75, 3.05) is 0 Å². The Morgan fingerprint density at radius 3 is 1.80 bits per heavy atom. The van der Waals surface area contributed by atoms with E-state index in [1.807, 2.05) is 36.4 Å². The lowest BCUT2D eigenvalue weighted by atomic mass is 9.94. The Morgan fingerprint density at radius 2 is 1.15 bits per heavy atom. The van der Waals surface area contributed by atoms with Gasteiger partial charge in [-0.2, -0.15) is 5.26 Å². The van der Waals surface area contributed by atoms with Crippen molar-refractivity contribution in [3.63, 3.8) is 0 Å². The summed E-state index contributed by atoms with van der Waals surface area (Å²) in [5.41, 5.74) is 11.8. The molecule has 0 unspecified atom stereocenters. The van der Waals surface area contributed by atoms with Crippen LogP contribution in [0, 0.1) is 18.3 Å². The van der Waals surface area contributed by atoms with Gasteiger partial charge in [0.05, 0.1) is 17.2 Å². The lowest BCUT2D eigenvalue weighted by Gasteiger charge is -2.08. The minimum absolute atomic E-state index is 0.596. The fourth-order valence-corrected chi connectivity index (χ4v) is 5.79. The molecule has 0 saturated carbocycles. The van der Waals surface area contributed by atoms with Crippen molar-refractivity contribution in [1.29, 1.82) is 5.26 Å². The van der Waals surface area contributed by atoms with Crippen LogP contribution in [0.5, 0.6) is 0 Å². The summed E-state index contributed by atoms with van der Waals surface area (Å²) >= 11 is 0. The first-order valence-corrected chi connectivity index (χ1v) is 13.7. The summed E-state index contributed by atoms with van der Waals surface area (Å²) in [7, 11) is 2.07. The maximum absolute atomic E-state index is 10.1. The van der Waals surface area contributed by atoms with Gasteiger partial charge in [0, 0.05) is 28.5 Å². The molecule has 0 bridgehead atoms. The van der Waals surface area contributed by atoms with Gasteiger partial charge in [-0.1, -0.05) is 97.1 Å². The van der Waals surface area contributed by atoms with Crippen molar-refractivity contribution in [2.24, 2.45) is 7.05 Å². The van der Waals surface area contributed by atoms with Gasteiger partial charge in [0.2, 0.25) is 5.69 Å². The molecule has 2 heterocycles. The SMILES string of the molecule is Cc1ccc2c(oc3c(-c4ccc(-c5ccccc5)cc4)c(C#N)ccc32)c1-c1cc(-c2ccccc2)cc[n+]1C. The average Bonchev–Trinajstić information content (AvgIpc) is 3.40. The molecule has 0 N–H and O–H groups in total. The minimum Gasteiger partial charge on any atom is -0.454 e. The van der Waals surface area contributed by atoms with E-state index in [4.69, 9.17) is 4.42 Å². The predicted octanol–water partition coefficient (Wildman–Crippen LogP) is 9.26. The van der Waals surface area contributed by atoms with E-state index in [1.165, 1.54) is 5.56 Å². The van der Waals surface area contributed by atoms with Crippen LogP contribution in [0.3, 0.4) is 0 Å².